The summed E-state index contributed by atoms with van der Waals surface area (Å²) < 4.78 is 1.75. The Bertz CT molecular complexity index is 491. The fraction of sp³-hybridized carbons (Fsp3) is 0.733. The molecule has 118 valence electrons. The Morgan fingerprint density at radius 3 is 2.57 bits per heavy atom. The Morgan fingerprint density at radius 2 is 1.95 bits per heavy atom. The van der Waals surface area contributed by atoms with Crippen LogP contribution >= 0.6 is 0 Å². The summed E-state index contributed by atoms with van der Waals surface area (Å²) in [4.78, 5) is 21.3. The molecule has 1 aliphatic rings. The van der Waals surface area contributed by atoms with Gasteiger partial charge in [0.15, 0.2) is 5.82 Å². The molecule has 0 radical (unpaired) electrons. The minimum Gasteiger partial charge on any atom is -0.349 e. The van der Waals surface area contributed by atoms with Gasteiger partial charge in [-0.25, -0.2) is 4.98 Å². The van der Waals surface area contributed by atoms with Crippen molar-refractivity contribution in [2.45, 2.75) is 32.7 Å². The van der Waals surface area contributed by atoms with Crippen molar-refractivity contribution in [2.24, 2.45) is 5.73 Å². The van der Waals surface area contributed by atoms with Gasteiger partial charge in [-0.15, -0.1) is 0 Å². The van der Waals surface area contributed by atoms with Gasteiger partial charge in [0.1, 0.15) is 0 Å². The second-order valence-corrected chi connectivity index (χ2v) is 5.88. The standard InChI is InChI=1S/C15H27N5O/c1-13(2)20-8-6-17-14(15(20)21)19-11-9-18(10-12-19)7-4-3-5-16/h6,8,13H,3-5,7,9-12,16H2,1-2H3. The number of piperazine rings is 1. The van der Waals surface area contributed by atoms with Crippen LogP contribution in [0.25, 0.3) is 0 Å². The summed E-state index contributed by atoms with van der Waals surface area (Å²) in [6, 6.07) is 0.164. The first kappa shape index (κ1) is 16.0. The number of anilines is 1. The van der Waals surface area contributed by atoms with Crippen LogP contribution in [0.2, 0.25) is 0 Å². The summed E-state index contributed by atoms with van der Waals surface area (Å²) in [5, 5.41) is 0. The zero-order valence-corrected chi connectivity index (χ0v) is 13.2. The number of hydrogen-bond donors (Lipinski definition) is 1. The first-order valence-electron chi connectivity index (χ1n) is 7.88. The minimum atomic E-state index is 0.0177. The van der Waals surface area contributed by atoms with E-state index in [9.17, 15) is 4.79 Å². The molecule has 0 bridgehead atoms. The molecule has 1 aliphatic heterocycles. The van der Waals surface area contributed by atoms with Crippen molar-refractivity contribution in [2.75, 3.05) is 44.2 Å². The Kier molecular flexibility index (Phi) is 5.76. The van der Waals surface area contributed by atoms with Crippen LogP contribution in [0.15, 0.2) is 17.2 Å². The zero-order valence-electron chi connectivity index (χ0n) is 13.2. The lowest BCUT2D eigenvalue weighted by Crippen LogP contribution is -2.49. The third-order valence-electron chi connectivity index (χ3n) is 4.01. The summed E-state index contributed by atoms with van der Waals surface area (Å²) in [7, 11) is 0. The van der Waals surface area contributed by atoms with Crippen molar-refractivity contribution in [3.05, 3.63) is 22.7 Å². The normalized spacial score (nSPS) is 16.7. The third-order valence-corrected chi connectivity index (χ3v) is 4.01. The summed E-state index contributed by atoms with van der Waals surface area (Å²) in [5.74, 6) is 0.591. The minimum absolute atomic E-state index is 0.0177. The molecule has 1 saturated heterocycles. The fourth-order valence-corrected chi connectivity index (χ4v) is 2.70. The van der Waals surface area contributed by atoms with Crippen molar-refractivity contribution in [3.63, 3.8) is 0 Å². The van der Waals surface area contributed by atoms with Crippen LogP contribution in [-0.4, -0.2) is 53.7 Å². The molecule has 0 aliphatic carbocycles. The monoisotopic (exact) mass is 293 g/mol. The summed E-state index contributed by atoms with van der Waals surface area (Å²) >= 11 is 0. The molecule has 2 rings (SSSR count). The highest BCUT2D eigenvalue weighted by molar-refractivity contribution is 5.36. The molecule has 1 aromatic heterocycles. The van der Waals surface area contributed by atoms with Gasteiger partial charge >= 0.3 is 0 Å². The SMILES string of the molecule is CC(C)n1ccnc(N2CCN(CCCCN)CC2)c1=O. The maximum absolute atomic E-state index is 12.4. The second kappa shape index (κ2) is 7.56. The highest BCUT2D eigenvalue weighted by atomic mass is 16.1. The number of rotatable bonds is 6. The van der Waals surface area contributed by atoms with Gasteiger partial charge in [0.05, 0.1) is 0 Å². The summed E-state index contributed by atoms with van der Waals surface area (Å²) in [6.07, 6.45) is 5.73. The van der Waals surface area contributed by atoms with Crippen LogP contribution in [-0.2, 0) is 0 Å². The average Bonchev–Trinajstić information content (AvgIpc) is 2.48. The van der Waals surface area contributed by atoms with Gasteiger partial charge in [-0.05, 0) is 39.8 Å². The topological polar surface area (TPSA) is 67.4 Å². The predicted molar refractivity (Wildman–Crippen MR) is 85.8 cm³/mol. The van der Waals surface area contributed by atoms with E-state index in [0.29, 0.717) is 5.82 Å². The lowest BCUT2D eigenvalue weighted by Gasteiger charge is -2.35. The number of nitrogens with zero attached hydrogens (tertiary/aromatic N) is 4. The lowest BCUT2D eigenvalue weighted by atomic mass is 10.2. The molecule has 0 saturated carbocycles. The van der Waals surface area contributed by atoms with E-state index in [1.54, 1.807) is 17.0 Å². The van der Waals surface area contributed by atoms with Gasteiger partial charge in [0.2, 0.25) is 0 Å². The zero-order chi connectivity index (χ0) is 15.2. The van der Waals surface area contributed by atoms with Crippen molar-refractivity contribution < 1.29 is 0 Å². The summed E-state index contributed by atoms with van der Waals surface area (Å²) in [5.41, 5.74) is 5.54. The number of unbranched alkanes of at least 4 members (excludes halogenated alkanes) is 1. The maximum atomic E-state index is 12.4. The Hall–Kier alpha value is -1.40. The van der Waals surface area contributed by atoms with E-state index in [0.717, 1.165) is 52.1 Å². The number of aromatic nitrogens is 2. The van der Waals surface area contributed by atoms with Crippen molar-refractivity contribution in [3.8, 4) is 0 Å². The van der Waals surface area contributed by atoms with Crippen LogP contribution in [0, 0.1) is 0 Å². The molecule has 0 aromatic carbocycles. The second-order valence-electron chi connectivity index (χ2n) is 5.88. The average molecular weight is 293 g/mol. The van der Waals surface area contributed by atoms with Gasteiger partial charge in [-0.1, -0.05) is 0 Å². The molecule has 0 amide bonds. The molecular formula is C15H27N5O. The molecule has 1 fully saturated rings. The smallest absolute Gasteiger partial charge is 0.293 e. The molecular weight excluding hydrogens is 266 g/mol. The van der Waals surface area contributed by atoms with E-state index in [-0.39, 0.29) is 11.6 Å². The van der Waals surface area contributed by atoms with Crippen LogP contribution in [0.4, 0.5) is 5.82 Å². The largest absolute Gasteiger partial charge is 0.349 e. The van der Waals surface area contributed by atoms with Crippen LogP contribution in [0.1, 0.15) is 32.7 Å². The maximum Gasteiger partial charge on any atom is 0.293 e. The Morgan fingerprint density at radius 1 is 1.24 bits per heavy atom. The van der Waals surface area contributed by atoms with Gasteiger partial charge < -0.3 is 15.2 Å². The van der Waals surface area contributed by atoms with Crippen LogP contribution < -0.4 is 16.2 Å². The van der Waals surface area contributed by atoms with E-state index in [2.05, 4.69) is 14.8 Å². The van der Waals surface area contributed by atoms with E-state index in [1.807, 2.05) is 13.8 Å². The predicted octanol–water partition coefficient (Wildman–Crippen LogP) is 0.685. The Labute approximate surface area is 126 Å². The summed E-state index contributed by atoms with van der Waals surface area (Å²) in [6.45, 7) is 9.61. The molecule has 6 heteroatoms. The number of nitrogens with two attached hydrogens (primary N) is 1. The van der Waals surface area contributed by atoms with Gasteiger partial charge in [0, 0.05) is 44.6 Å². The molecule has 2 N–H and O–H groups in total. The Balaban J connectivity index is 1.96. The van der Waals surface area contributed by atoms with E-state index in [1.165, 1.54) is 0 Å². The van der Waals surface area contributed by atoms with Gasteiger partial charge in [-0.3, -0.25) is 9.69 Å². The highest BCUT2D eigenvalue weighted by Gasteiger charge is 2.20. The molecule has 6 nitrogen and oxygen atoms in total. The molecule has 1 aromatic rings. The molecule has 0 atom stereocenters. The molecule has 0 spiro atoms. The lowest BCUT2D eigenvalue weighted by molar-refractivity contribution is 0.252. The quantitative estimate of drug-likeness (QED) is 0.782. The fourth-order valence-electron chi connectivity index (χ4n) is 2.70. The third kappa shape index (κ3) is 4.04. The highest BCUT2D eigenvalue weighted by Crippen LogP contribution is 2.10. The van der Waals surface area contributed by atoms with Crippen molar-refractivity contribution in [1.82, 2.24) is 14.5 Å². The first-order chi connectivity index (χ1) is 10.1. The first-order valence-corrected chi connectivity index (χ1v) is 7.88. The van der Waals surface area contributed by atoms with E-state index < -0.39 is 0 Å². The molecule has 21 heavy (non-hydrogen) atoms. The molecule has 0 unspecified atom stereocenters. The van der Waals surface area contributed by atoms with Gasteiger partial charge in [-0.2, -0.15) is 0 Å². The molecule has 2 heterocycles. The van der Waals surface area contributed by atoms with Crippen LogP contribution in [0.3, 0.4) is 0 Å². The van der Waals surface area contributed by atoms with Crippen molar-refractivity contribution >= 4 is 5.82 Å². The van der Waals surface area contributed by atoms with E-state index >= 15 is 0 Å². The number of hydrogen-bond acceptors (Lipinski definition) is 5. The van der Waals surface area contributed by atoms with Gasteiger partial charge in [0.25, 0.3) is 5.56 Å². The van der Waals surface area contributed by atoms with Crippen molar-refractivity contribution in [1.29, 1.82) is 0 Å². The van der Waals surface area contributed by atoms with Crippen LogP contribution in [0.5, 0.6) is 0 Å². The van der Waals surface area contributed by atoms with E-state index in [4.69, 9.17) is 5.73 Å².